The molecular weight excluding hydrogens is 480 g/mol. The van der Waals surface area contributed by atoms with E-state index in [1.54, 1.807) is 12.4 Å². The summed E-state index contributed by atoms with van der Waals surface area (Å²) in [6.45, 7) is 8.58. The normalized spacial score (nSPS) is 24.4. The van der Waals surface area contributed by atoms with Crippen LogP contribution in [0.1, 0.15) is 51.9 Å². The molecule has 10 nitrogen and oxygen atoms in total. The Balaban J connectivity index is 1.05. The van der Waals surface area contributed by atoms with Crippen molar-refractivity contribution in [3.05, 3.63) is 12.4 Å². The summed E-state index contributed by atoms with van der Waals surface area (Å²) in [6, 6.07) is 0. The number of rotatable bonds is 10. The highest BCUT2D eigenvalue weighted by Crippen LogP contribution is 2.42. The lowest BCUT2D eigenvalue weighted by atomic mass is 9.96. The van der Waals surface area contributed by atoms with Gasteiger partial charge in [-0.05, 0) is 90.5 Å². The van der Waals surface area contributed by atoms with E-state index in [0.29, 0.717) is 36.2 Å². The number of carbonyl (C=O) groups excluding carboxylic acids is 1. The van der Waals surface area contributed by atoms with Crippen molar-refractivity contribution in [1.29, 1.82) is 0 Å². The van der Waals surface area contributed by atoms with Crippen molar-refractivity contribution in [3.8, 4) is 5.88 Å². The number of likely N-dealkylation sites (tertiary alicyclic amines) is 2. The van der Waals surface area contributed by atoms with Gasteiger partial charge in [-0.25, -0.2) is 18.4 Å². The van der Waals surface area contributed by atoms with E-state index in [4.69, 9.17) is 4.74 Å². The number of piperazine rings is 1. The van der Waals surface area contributed by atoms with Crippen LogP contribution in [0.2, 0.25) is 0 Å². The Hall–Kier alpha value is -1.82. The van der Waals surface area contributed by atoms with Crippen LogP contribution in [0.5, 0.6) is 5.88 Å². The average molecular weight is 521 g/mol. The third-order valence-electron chi connectivity index (χ3n) is 8.36. The first-order chi connectivity index (χ1) is 17.3. The Bertz CT molecular complexity index is 1000. The predicted molar refractivity (Wildman–Crippen MR) is 137 cm³/mol. The first kappa shape index (κ1) is 25.8. The van der Waals surface area contributed by atoms with Gasteiger partial charge in [0.1, 0.15) is 0 Å². The summed E-state index contributed by atoms with van der Waals surface area (Å²) >= 11 is 0. The molecule has 4 heterocycles. The molecule has 0 spiro atoms. The van der Waals surface area contributed by atoms with Crippen molar-refractivity contribution in [2.24, 2.45) is 5.92 Å². The number of carbonyl (C=O) groups is 1. The molecule has 0 bridgehead atoms. The zero-order valence-electron chi connectivity index (χ0n) is 21.5. The minimum atomic E-state index is -3.45. The molecule has 36 heavy (non-hydrogen) atoms. The van der Waals surface area contributed by atoms with Gasteiger partial charge in [-0.1, -0.05) is 0 Å². The third kappa shape index (κ3) is 6.17. The number of nitrogens with zero attached hydrogens (tertiary/aromatic N) is 6. The fraction of sp³-hybridized carbons (Fsp3) is 0.800. The van der Waals surface area contributed by atoms with E-state index < -0.39 is 10.0 Å². The Labute approximate surface area is 215 Å². The first-order valence-electron chi connectivity index (χ1n) is 13.5. The predicted octanol–water partition coefficient (Wildman–Crippen LogP) is 1.58. The summed E-state index contributed by atoms with van der Waals surface area (Å²) in [5.41, 5.74) is 0.452. The maximum absolute atomic E-state index is 12.8. The van der Waals surface area contributed by atoms with Gasteiger partial charge >= 0.3 is 0 Å². The van der Waals surface area contributed by atoms with Crippen molar-refractivity contribution >= 4 is 21.7 Å². The van der Waals surface area contributed by atoms with Gasteiger partial charge in [-0.3, -0.25) is 14.6 Å². The molecule has 11 heteroatoms. The summed E-state index contributed by atoms with van der Waals surface area (Å²) in [6.07, 6.45) is 11.0. The van der Waals surface area contributed by atoms with E-state index in [0.717, 1.165) is 45.6 Å². The summed E-state index contributed by atoms with van der Waals surface area (Å²) in [5, 5.41) is 0. The number of hydrogen-bond donors (Lipinski definition) is 0. The van der Waals surface area contributed by atoms with Crippen LogP contribution < -0.4 is 9.64 Å². The molecule has 200 valence electrons. The first-order valence-corrected chi connectivity index (χ1v) is 15.1. The van der Waals surface area contributed by atoms with Gasteiger partial charge < -0.3 is 9.64 Å². The van der Waals surface area contributed by atoms with Gasteiger partial charge in [-0.2, -0.15) is 4.31 Å². The zero-order valence-corrected chi connectivity index (χ0v) is 22.3. The topological polar surface area (TPSA) is 99.2 Å². The Morgan fingerprint density at radius 1 is 1.03 bits per heavy atom. The Morgan fingerprint density at radius 2 is 1.78 bits per heavy atom. The quantitative estimate of drug-likeness (QED) is 0.459. The highest BCUT2D eigenvalue weighted by atomic mass is 32.2. The van der Waals surface area contributed by atoms with Gasteiger partial charge in [0, 0.05) is 18.6 Å². The Kier molecular flexibility index (Phi) is 7.81. The number of ether oxygens (including phenoxy) is 1. The van der Waals surface area contributed by atoms with Crippen LogP contribution in [0.15, 0.2) is 12.4 Å². The van der Waals surface area contributed by atoms with Gasteiger partial charge in [0.15, 0.2) is 5.82 Å². The standard InChI is InChI=1S/C25H40N6O4S/c1-25(7-8-25)29-12-5-21(6-13-29)20-35-23-18-26-22(17-27-23)31-15-14-30(19-24(31)32)36(33,34)16-4-11-28-9-2-3-10-28/h17-18,21H,2-16,19-20H2,1H3. The minimum absolute atomic E-state index is 0.0843. The average Bonchev–Trinajstić information content (AvgIpc) is 3.41. The molecule has 4 fully saturated rings. The number of piperidine rings is 1. The fourth-order valence-corrected chi connectivity index (χ4v) is 7.02. The summed E-state index contributed by atoms with van der Waals surface area (Å²) in [5.74, 6) is 1.23. The molecule has 1 aromatic heterocycles. The molecule has 1 saturated carbocycles. The minimum Gasteiger partial charge on any atom is -0.476 e. The lowest BCUT2D eigenvalue weighted by Crippen LogP contribution is -2.53. The van der Waals surface area contributed by atoms with E-state index in [1.807, 2.05) is 0 Å². The van der Waals surface area contributed by atoms with Crippen LogP contribution in [0.25, 0.3) is 0 Å². The SMILES string of the molecule is CC1(N2CCC(COc3cnc(N4CCN(S(=O)(=O)CCCN5CCCC5)CC4=O)cn3)CC2)CC1. The van der Waals surface area contributed by atoms with E-state index in [9.17, 15) is 13.2 Å². The number of sulfonamides is 1. The van der Waals surface area contributed by atoms with E-state index in [1.165, 1.54) is 34.9 Å². The fourth-order valence-electron chi connectivity index (χ4n) is 5.60. The molecule has 3 saturated heterocycles. The third-order valence-corrected chi connectivity index (χ3v) is 10.3. The van der Waals surface area contributed by atoms with Gasteiger partial charge in [-0.15, -0.1) is 0 Å². The number of anilines is 1. The largest absolute Gasteiger partial charge is 0.476 e. The van der Waals surface area contributed by atoms with Crippen molar-refractivity contribution in [2.45, 2.75) is 57.4 Å². The summed E-state index contributed by atoms with van der Waals surface area (Å²) in [7, 11) is -3.45. The maximum Gasteiger partial charge on any atom is 0.243 e. The second-order valence-corrected chi connectivity index (χ2v) is 13.1. The van der Waals surface area contributed by atoms with Crippen molar-refractivity contribution in [2.75, 3.05) is 69.6 Å². The van der Waals surface area contributed by atoms with Crippen molar-refractivity contribution in [3.63, 3.8) is 0 Å². The van der Waals surface area contributed by atoms with Gasteiger partial charge in [0.2, 0.25) is 21.8 Å². The molecule has 1 aliphatic carbocycles. The summed E-state index contributed by atoms with van der Waals surface area (Å²) < 4.78 is 32.7. The highest BCUT2D eigenvalue weighted by Gasteiger charge is 2.44. The molecule has 0 radical (unpaired) electrons. The molecule has 3 aliphatic heterocycles. The number of amides is 1. The molecule has 1 amide bonds. The molecule has 0 N–H and O–H groups in total. The Morgan fingerprint density at radius 3 is 2.42 bits per heavy atom. The van der Waals surface area contributed by atoms with Crippen LogP contribution in [0, 0.1) is 5.92 Å². The maximum atomic E-state index is 12.8. The second kappa shape index (κ2) is 10.9. The number of hydrogen-bond acceptors (Lipinski definition) is 8. The molecule has 1 aromatic rings. The molecule has 0 atom stereocenters. The van der Waals surface area contributed by atoms with E-state index >= 15 is 0 Å². The lowest BCUT2D eigenvalue weighted by Gasteiger charge is -2.36. The van der Waals surface area contributed by atoms with Gasteiger partial charge in [0.05, 0.1) is 31.3 Å². The molecule has 5 rings (SSSR count). The zero-order chi connectivity index (χ0) is 25.2. The van der Waals surface area contributed by atoms with E-state index in [2.05, 4.69) is 26.7 Å². The van der Waals surface area contributed by atoms with E-state index in [-0.39, 0.29) is 31.3 Å². The highest BCUT2D eigenvalue weighted by molar-refractivity contribution is 7.89. The number of aromatic nitrogens is 2. The van der Waals surface area contributed by atoms with Crippen LogP contribution in [-0.2, 0) is 14.8 Å². The second-order valence-electron chi connectivity index (χ2n) is 11.0. The van der Waals surface area contributed by atoms with Crippen molar-refractivity contribution < 1.29 is 17.9 Å². The van der Waals surface area contributed by atoms with Crippen LogP contribution in [0.4, 0.5) is 5.82 Å². The van der Waals surface area contributed by atoms with Crippen LogP contribution >= 0.6 is 0 Å². The van der Waals surface area contributed by atoms with Crippen molar-refractivity contribution in [1.82, 2.24) is 24.1 Å². The summed E-state index contributed by atoms with van der Waals surface area (Å²) in [4.78, 5) is 27.9. The van der Waals surface area contributed by atoms with Crippen LogP contribution in [-0.4, -0.2) is 109 Å². The smallest absolute Gasteiger partial charge is 0.243 e. The molecule has 0 unspecified atom stereocenters. The van der Waals surface area contributed by atoms with Gasteiger partial charge in [0.25, 0.3) is 0 Å². The molecular formula is C25H40N6O4S. The molecule has 0 aromatic carbocycles. The molecule has 4 aliphatic rings. The van der Waals surface area contributed by atoms with Crippen LogP contribution in [0.3, 0.4) is 0 Å². The monoisotopic (exact) mass is 520 g/mol. The lowest BCUT2D eigenvalue weighted by molar-refractivity contribution is -0.120.